The standard InChI is InChI=1S/C20H22F3N7O2/c1-8-16-17(30(3)9(2)18(31)28-16)29-19(24-8)25-10-4-11(5-10)26-20(32)27-15-7-13(22)12(21)6-14(15)23/h6-7,9-11H,4-5H2,1-3H3,(H,28,31)(H,24,25,29)(H2,26,27,32)/t9-,10-,11-/m0/s1. The summed E-state index contributed by atoms with van der Waals surface area (Å²) < 4.78 is 39.9. The minimum Gasteiger partial charge on any atom is -0.351 e. The summed E-state index contributed by atoms with van der Waals surface area (Å²) in [6.07, 6.45) is 1.13. The lowest BCUT2D eigenvalue weighted by Crippen LogP contribution is -2.51. The third-order valence-corrected chi connectivity index (χ3v) is 5.68. The van der Waals surface area contributed by atoms with Crippen molar-refractivity contribution in [2.45, 2.75) is 44.8 Å². The van der Waals surface area contributed by atoms with Crippen molar-refractivity contribution in [1.82, 2.24) is 15.3 Å². The van der Waals surface area contributed by atoms with E-state index < -0.39 is 29.2 Å². The number of benzene rings is 1. The average Bonchev–Trinajstić information content (AvgIpc) is 2.69. The van der Waals surface area contributed by atoms with E-state index in [1.807, 2.05) is 0 Å². The van der Waals surface area contributed by atoms with Gasteiger partial charge in [-0.3, -0.25) is 4.79 Å². The first kappa shape index (κ1) is 21.7. The van der Waals surface area contributed by atoms with E-state index in [9.17, 15) is 22.8 Å². The topological polar surface area (TPSA) is 111 Å². The number of amides is 3. The molecule has 2 aliphatic rings. The Kier molecular flexibility index (Phi) is 5.53. The predicted octanol–water partition coefficient (Wildman–Crippen LogP) is 2.74. The predicted molar refractivity (Wildman–Crippen MR) is 112 cm³/mol. The van der Waals surface area contributed by atoms with Gasteiger partial charge in [0.2, 0.25) is 11.9 Å². The number of aryl methyl sites for hydroxylation is 1. The number of carbonyl (C=O) groups is 2. The molecule has 0 spiro atoms. The molecule has 9 nitrogen and oxygen atoms in total. The summed E-state index contributed by atoms with van der Waals surface area (Å²) in [5.41, 5.74) is 0.765. The second kappa shape index (κ2) is 8.17. The molecule has 1 aliphatic carbocycles. The quantitative estimate of drug-likeness (QED) is 0.535. The van der Waals surface area contributed by atoms with E-state index in [0.717, 1.165) is 0 Å². The number of anilines is 4. The molecule has 1 aromatic heterocycles. The normalized spacial score (nSPS) is 21.9. The third kappa shape index (κ3) is 4.12. The molecule has 3 amide bonds. The summed E-state index contributed by atoms with van der Waals surface area (Å²) in [6.45, 7) is 3.56. The SMILES string of the molecule is Cc1nc(N[C@H]2C[C@H](NC(=O)Nc3cc(F)c(F)cc3F)C2)nc2c1NC(=O)[C@H](C)N2C. The van der Waals surface area contributed by atoms with Gasteiger partial charge in [-0.2, -0.15) is 4.98 Å². The second-order valence-corrected chi connectivity index (χ2v) is 7.96. The van der Waals surface area contributed by atoms with E-state index in [1.165, 1.54) is 0 Å². The van der Waals surface area contributed by atoms with Crippen molar-refractivity contribution in [1.29, 1.82) is 0 Å². The van der Waals surface area contributed by atoms with Crippen LogP contribution in [-0.2, 0) is 4.79 Å². The molecule has 2 heterocycles. The molecular formula is C20H22F3N7O2. The molecule has 2 aromatic rings. The molecule has 0 radical (unpaired) electrons. The highest BCUT2D eigenvalue weighted by atomic mass is 19.2. The molecule has 1 atom stereocenters. The maximum absolute atomic E-state index is 13.7. The summed E-state index contributed by atoms with van der Waals surface area (Å²) in [5.74, 6) is -2.75. The van der Waals surface area contributed by atoms with E-state index >= 15 is 0 Å². The van der Waals surface area contributed by atoms with Gasteiger partial charge in [0.25, 0.3) is 0 Å². The number of halogens is 3. The third-order valence-electron chi connectivity index (χ3n) is 5.68. The van der Waals surface area contributed by atoms with Crippen LogP contribution in [0, 0.1) is 24.4 Å². The summed E-state index contributed by atoms with van der Waals surface area (Å²) in [6, 6.07) is -0.310. The number of nitrogens with zero attached hydrogens (tertiary/aromatic N) is 3. The Morgan fingerprint density at radius 3 is 2.53 bits per heavy atom. The number of fused-ring (bicyclic) bond motifs is 1. The van der Waals surface area contributed by atoms with Gasteiger partial charge >= 0.3 is 6.03 Å². The van der Waals surface area contributed by atoms with Crippen molar-refractivity contribution in [3.63, 3.8) is 0 Å². The molecule has 1 aliphatic heterocycles. The van der Waals surface area contributed by atoms with Gasteiger partial charge in [-0.1, -0.05) is 0 Å². The average molecular weight is 449 g/mol. The maximum atomic E-state index is 13.7. The Morgan fingerprint density at radius 1 is 1.12 bits per heavy atom. The Bertz CT molecular complexity index is 1090. The van der Waals surface area contributed by atoms with Crippen LogP contribution in [0.5, 0.6) is 0 Å². The number of nitrogens with one attached hydrogen (secondary N) is 4. The molecule has 1 saturated carbocycles. The van der Waals surface area contributed by atoms with E-state index in [0.29, 0.717) is 48.1 Å². The molecule has 0 saturated heterocycles. The van der Waals surface area contributed by atoms with E-state index in [4.69, 9.17) is 0 Å². The molecule has 32 heavy (non-hydrogen) atoms. The number of urea groups is 1. The highest BCUT2D eigenvalue weighted by Gasteiger charge is 2.33. The van der Waals surface area contributed by atoms with E-state index in [2.05, 4.69) is 31.2 Å². The Labute approximate surface area is 181 Å². The molecule has 0 bridgehead atoms. The fourth-order valence-corrected chi connectivity index (χ4v) is 3.61. The smallest absolute Gasteiger partial charge is 0.319 e. The van der Waals surface area contributed by atoms with Gasteiger partial charge in [-0.25, -0.2) is 22.9 Å². The lowest BCUT2D eigenvalue weighted by Gasteiger charge is -2.37. The van der Waals surface area contributed by atoms with Crippen molar-refractivity contribution < 1.29 is 22.8 Å². The number of hydrogen-bond acceptors (Lipinski definition) is 6. The van der Waals surface area contributed by atoms with Crippen LogP contribution >= 0.6 is 0 Å². The minimum absolute atomic E-state index is 0.00124. The molecule has 12 heteroatoms. The fraction of sp³-hybridized carbons (Fsp3) is 0.400. The zero-order valence-corrected chi connectivity index (χ0v) is 17.6. The van der Waals surface area contributed by atoms with Crippen LogP contribution in [0.3, 0.4) is 0 Å². The molecule has 4 rings (SSSR count). The van der Waals surface area contributed by atoms with Crippen LogP contribution < -0.4 is 26.2 Å². The van der Waals surface area contributed by atoms with Crippen LogP contribution in [0.25, 0.3) is 0 Å². The minimum atomic E-state index is -1.33. The fourth-order valence-electron chi connectivity index (χ4n) is 3.61. The van der Waals surface area contributed by atoms with E-state index in [-0.39, 0.29) is 24.0 Å². The Hall–Kier alpha value is -3.57. The molecule has 1 aromatic carbocycles. The largest absolute Gasteiger partial charge is 0.351 e. The van der Waals surface area contributed by atoms with Crippen LogP contribution in [0.15, 0.2) is 12.1 Å². The molecule has 4 N–H and O–H groups in total. The lowest BCUT2D eigenvalue weighted by molar-refractivity contribution is -0.117. The van der Waals surface area contributed by atoms with Crippen molar-refractivity contribution in [2.75, 3.05) is 27.9 Å². The van der Waals surface area contributed by atoms with Crippen molar-refractivity contribution in [3.8, 4) is 0 Å². The first-order valence-electron chi connectivity index (χ1n) is 10.0. The summed E-state index contributed by atoms with van der Waals surface area (Å²) in [4.78, 5) is 34.7. The van der Waals surface area contributed by atoms with Crippen molar-refractivity contribution >= 4 is 35.1 Å². The molecule has 1 fully saturated rings. The lowest BCUT2D eigenvalue weighted by atomic mass is 9.87. The zero-order valence-electron chi connectivity index (χ0n) is 17.6. The van der Waals surface area contributed by atoms with Crippen LogP contribution in [-0.4, -0.2) is 47.1 Å². The molecule has 170 valence electrons. The van der Waals surface area contributed by atoms with Crippen LogP contribution in [0.1, 0.15) is 25.5 Å². The van der Waals surface area contributed by atoms with Gasteiger partial charge in [0.05, 0.1) is 11.4 Å². The number of rotatable bonds is 4. The highest BCUT2D eigenvalue weighted by molar-refractivity contribution is 6.03. The van der Waals surface area contributed by atoms with Gasteiger partial charge < -0.3 is 26.2 Å². The summed E-state index contributed by atoms with van der Waals surface area (Å²) in [7, 11) is 1.79. The monoisotopic (exact) mass is 449 g/mol. The van der Waals surface area contributed by atoms with Crippen LogP contribution in [0.4, 0.5) is 41.1 Å². The van der Waals surface area contributed by atoms with Crippen LogP contribution in [0.2, 0.25) is 0 Å². The Morgan fingerprint density at radius 2 is 1.81 bits per heavy atom. The number of aromatic nitrogens is 2. The van der Waals surface area contributed by atoms with Gasteiger partial charge in [0.15, 0.2) is 17.5 Å². The first-order chi connectivity index (χ1) is 15.1. The first-order valence-corrected chi connectivity index (χ1v) is 10.0. The van der Waals surface area contributed by atoms with Gasteiger partial charge in [-0.05, 0) is 26.7 Å². The van der Waals surface area contributed by atoms with E-state index in [1.54, 1.807) is 25.8 Å². The van der Waals surface area contributed by atoms with Crippen molar-refractivity contribution in [3.05, 3.63) is 35.3 Å². The summed E-state index contributed by atoms with van der Waals surface area (Å²) >= 11 is 0. The van der Waals surface area contributed by atoms with Crippen molar-refractivity contribution in [2.24, 2.45) is 0 Å². The number of likely N-dealkylation sites (N-methyl/N-ethyl adjacent to an activating group) is 1. The second-order valence-electron chi connectivity index (χ2n) is 7.96. The summed E-state index contributed by atoms with van der Waals surface area (Å²) in [5, 5.41) is 10.9. The zero-order chi connectivity index (χ0) is 23.2. The van der Waals surface area contributed by atoms with Gasteiger partial charge in [0.1, 0.15) is 17.5 Å². The number of hydrogen-bond donors (Lipinski definition) is 4. The van der Waals surface area contributed by atoms with Gasteiger partial charge in [-0.15, -0.1) is 0 Å². The Balaban J connectivity index is 1.32. The van der Waals surface area contributed by atoms with Gasteiger partial charge in [0, 0.05) is 31.3 Å². The highest BCUT2D eigenvalue weighted by Crippen LogP contribution is 2.33. The number of carbonyl (C=O) groups excluding carboxylic acids is 2. The maximum Gasteiger partial charge on any atom is 0.319 e. The molecular weight excluding hydrogens is 427 g/mol. The molecule has 0 unspecified atom stereocenters.